The number of aromatic nitrogens is 1. The summed E-state index contributed by atoms with van der Waals surface area (Å²) < 4.78 is 7.52. The van der Waals surface area contributed by atoms with Crippen LogP contribution in [-0.2, 0) is 11.3 Å². The molecule has 1 aromatic heterocycles. The standard InChI is InChI=1S/C11H20N2O/c1-3-7-14-8-6-13-5-4-11(9-13)10(2)12/h4-5,9-10H,3,6-8,12H2,1-2H3. The van der Waals surface area contributed by atoms with Crippen molar-refractivity contribution in [2.45, 2.75) is 32.9 Å². The Morgan fingerprint density at radius 2 is 2.29 bits per heavy atom. The molecule has 3 heteroatoms. The zero-order chi connectivity index (χ0) is 10.4. The maximum Gasteiger partial charge on any atom is 0.0645 e. The van der Waals surface area contributed by atoms with E-state index in [2.05, 4.69) is 23.8 Å². The highest BCUT2D eigenvalue weighted by atomic mass is 16.5. The molecule has 1 heterocycles. The van der Waals surface area contributed by atoms with E-state index in [9.17, 15) is 0 Å². The van der Waals surface area contributed by atoms with E-state index in [1.165, 1.54) is 5.56 Å². The van der Waals surface area contributed by atoms with Crippen LogP contribution < -0.4 is 5.73 Å². The Labute approximate surface area is 85.9 Å². The first kappa shape index (κ1) is 11.3. The zero-order valence-electron chi connectivity index (χ0n) is 9.07. The van der Waals surface area contributed by atoms with E-state index in [4.69, 9.17) is 10.5 Å². The molecule has 0 saturated carbocycles. The van der Waals surface area contributed by atoms with Crippen molar-refractivity contribution in [3.8, 4) is 0 Å². The lowest BCUT2D eigenvalue weighted by atomic mass is 10.2. The van der Waals surface area contributed by atoms with Crippen LogP contribution in [0.25, 0.3) is 0 Å². The second-order valence-corrected chi connectivity index (χ2v) is 3.58. The largest absolute Gasteiger partial charge is 0.380 e. The van der Waals surface area contributed by atoms with E-state index in [-0.39, 0.29) is 6.04 Å². The summed E-state index contributed by atoms with van der Waals surface area (Å²) in [5.41, 5.74) is 6.94. The Bertz CT molecular complexity index is 256. The summed E-state index contributed by atoms with van der Waals surface area (Å²) in [6.07, 6.45) is 5.21. The van der Waals surface area contributed by atoms with Crippen LogP contribution in [0.5, 0.6) is 0 Å². The Balaban J connectivity index is 2.29. The second kappa shape index (κ2) is 5.83. The lowest BCUT2D eigenvalue weighted by Gasteiger charge is -2.04. The van der Waals surface area contributed by atoms with Gasteiger partial charge in [0, 0.05) is 31.6 Å². The van der Waals surface area contributed by atoms with Crippen molar-refractivity contribution in [1.82, 2.24) is 4.57 Å². The molecule has 3 nitrogen and oxygen atoms in total. The second-order valence-electron chi connectivity index (χ2n) is 3.58. The first-order valence-corrected chi connectivity index (χ1v) is 5.23. The van der Waals surface area contributed by atoms with Gasteiger partial charge in [-0.25, -0.2) is 0 Å². The number of rotatable bonds is 6. The van der Waals surface area contributed by atoms with Gasteiger partial charge in [-0.2, -0.15) is 0 Å². The summed E-state index contributed by atoms with van der Waals surface area (Å²) in [5.74, 6) is 0. The number of nitrogens with two attached hydrogens (primary N) is 1. The van der Waals surface area contributed by atoms with Crippen molar-refractivity contribution < 1.29 is 4.74 Å². The Kier molecular flexibility index (Phi) is 4.70. The van der Waals surface area contributed by atoms with E-state index < -0.39 is 0 Å². The molecule has 80 valence electrons. The number of hydrogen-bond donors (Lipinski definition) is 1. The first-order chi connectivity index (χ1) is 6.74. The normalized spacial score (nSPS) is 13.1. The highest BCUT2D eigenvalue weighted by Gasteiger charge is 2.00. The predicted octanol–water partition coefficient (Wildman–Crippen LogP) is 1.93. The molecule has 0 aliphatic heterocycles. The molecule has 0 amide bonds. The Morgan fingerprint density at radius 3 is 2.86 bits per heavy atom. The molecule has 1 atom stereocenters. The minimum absolute atomic E-state index is 0.118. The van der Waals surface area contributed by atoms with Gasteiger partial charge in [0.15, 0.2) is 0 Å². The maximum absolute atomic E-state index is 5.76. The molecular formula is C11H20N2O. The fourth-order valence-corrected chi connectivity index (χ4v) is 1.28. The highest BCUT2D eigenvalue weighted by molar-refractivity contribution is 5.13. The fraction of sp³-hybridized carbons (Fsp3) is 0.636. The average Bonchev–Trinajstić information content (AvgIpc) is 2.61. The molecular weight excluding hydrogens is 176 g/mol. The van der Waals surface area contributed by atoms with Crippen LogP contribution in [0.15, 0.2) is 18.5 Å². The van der Waals surface area contributed by atoms with E-state index in [0.29, 0.717) is 0 Å². The van der Waals surface area contributed by atoms with Crippen LogP contribution >= 0.6 is 0 Å². The summed E-state index contributed by atoms with van der Waals surface area (Å²) in [5, 5.41) is 0. The topological polar surface area (TPSA) is 40.2 Å². The third kappa shape index (κ3) is 3.52. The molecule has 0 aromatic carbocycles. The van der Waals surface area contributed by atoms with Gasteiger partial charge in [-0.3, -0.25) is 0 Å². The fourth-order valence-electron chi connectivity index (χ4n) is 1.28. The molecule has 0 radical (unpaired) electrons. The van der Waals surface area contributed by atoms with Gasteiger partial charge in [0.2, 0.25) is 0 Å². The van der Waals surface area contributed by atoms with Gasteiger partial charge < -0.3 is 15.0 Å². The van der Waals surface area contributed by atoms with Crippen molar-refractivity contribution in [3.05, 3.63) is 24.0 Å². The van der Waals surface area contributed by atoms with Crippen molar-refractivity contribution >= 4 is 0 Å². The number of nitrogens with zero attached hydrogens (tertiary/aromatic N) is 1. The van der Waals surface area contributed by atoms with E-state index in [0.717, 1.165) is 26.2 Å². The SMILES string of the molecule is CCCOCCn1ccc(C(C)N)c1. The van der Waals surface area contributed by atoms with E-state index >= 15 is 0 Å². The molecule has 0 aliphatic rings. The van der Waals surface area contributed by atoms with Crippen LogP contribution in [0.1, 0.15) is 31.9 Å². The van der Waals surface area contributed by atoms with Crippen molar-refractivity contribution in [2.75, 3.05) is 13.2 Å². The predicted molar refractivity (Wildman–Crippen MR) is 58.1 cm³/mol. The quantitative estimate of drug-likeness (QED) is 0.706. The monoisotopic (exact) mass is 196 g/mol. The van der Waals surface area contributed by atoms with Crippen LogP contribution in [0.2, 0.25) is 0 Å². The zero-order valence-corrected chi connectivity index (χ0v) is 9.07. The van der Waals surface area contributed by atoms with Crippen LogP contribution in [0, 0.1) is 0 Å². The maximum atomic E-state index is 5.76. The number of hydrogen-bond acceptors (Lipinski definition) is 2. The lowest BCUT2D eigenvalue weighted by molar-refractivity contribution is 0.127. The van der Waals surface area contributed by atoms with Gasteiger partial charge in [0.25, 0.3) is 0 Å². The summed E-state index contributed by atoms with van der Waals surface area (Å²) in [4.78, 5) is 0. The molecule has 1 unspecified atom stereocenters. The molecule has 0 bridgehead atoms. The van der Waals surface area contributed by atoms with Gasteiger partial charge in [-0.05, 0) is 25.0 Å². The Hall–Kier alpha value is -0.800. The van der Waals surface area contributed by atoms with Crippen molar-refractivity contribution in [3.63, 3.8) is 0 Å². The smallest absolute Gasteiger partial charge is 0.0645 e. The minimum Gasteiger partial charge on any atom is -0.380 e. The molecule has 14 heavy (non-hydrogen) atoms. The van der Waals surface area contributed by atoms with Crippen LogP contribution in [-0.4, -0.2) is 17.8 Å². The van der Waals surface area contributed by atoms with Crippen LogP contribution in [0.4, 0.5) is 0 Å². The molecule has 0 aliphatic carbocycles. The molecule has 1 aromatic rings. The van der Waals surface area contributed by atoms with E-state index in [1.807, 2.05) is 13.1 Å². The molecule has 0 fully saturated rings. The van der Waals surface area contributed by atoms with Gasteiger partial charge in [0.1, 0.15) is 0 Å². The van der Waals surface area contributed by atoms with E-state index in [1.54, 1.807) is 0 Å². The average molecular weight is 196 g/mol. The molecule has 1 rings (SSSR count). The summed E-state index contributed by atoms with van der Waals surface area (Å²) in [6.45, 7) is 6.65. The molecule has 0 spiro atoms. The molecule has 2 N–H and O–H groups in total. The van der Waals surface area contributed by atoms with Crippen LogP contribution in [0.3, 0.4) is 0 Å². The highest BCUT2D eigenvalue weighted by Crippen LogP contribution is 2.09. The lowest BCUT2D eigenvalue weighted by Crippen LogP contribution is -2.06. The van der Waals surface area contributed by atoms with Gasteiger partial charge in [-0.15, -0.1) is 0 Å². The first-order valence-electron chi connectivity index (χ1n) is 5.23. The summed E-state index contributed by atoms with van der Waals surface area (Å²) in [6, 6.07) is 2.18. The van der Waals surface area contributed by atoms with Gasteiger partial charge >= 0.3 is 0 Å². The minimum atomic E-state index is 0.118. The van der Waals surface area contributed by atoms with Gasteiger partial charge in [-0.1, -0.05) is 6.92 Å². The molecule has 0 saturated heterocycles. The van der Waals surface area contributed by atoms with Gasteiger partial charge in [0.05, 0.1) is 6.61 Å². The van der Waals surface area contributed by atoms with Crippen molar-refractivity contribution in [2.24, 2.45) is 5.73 Å². The Morgan fingerprint density at radius 1 is 1.50 bits per heavy atom. The summed E-state index contributed by atoms with van der Waals surface area (Å²) >= 11 is 0. The third-order valence-corrected chi connectivity index (χ3v) is 2.14. The van der Waals surface area contributed by atoms with Crippen molar-refractivity contribution in [1.29, 1.82) is 0 Å². The summed E-state index contributed by atoms with van der Waals surface area (Å²) in [7, 11) is 0. The third-order valence-electron chi connectivity index (χ3n) is 2.14. The number of ether oxygens (including phenoxy) is 1.